The molecule has 0 unspecified atom stereocenters. The van der Waals surface area contributed by atoms with Crippen molar-refractivity contribution in [2.75, 3.05) is 18.4 Å². The summed E-state index contributed by atoms with van der Waals surface area (Å²) in [5.41, 5.74) is 5.53. The van der Waals surface area contributed by atoms with E-state index >= 15 is 0 Å². The first-order valence-corrected chi connectivity index (χ1v) is 7.02. The second-order valence-electron chi connectivity index (χ2n) is 5.07. The molecule has 0 saturated carbocycles. The van der Waals surface area contributed by atoms with Crippen LogP contribution in [0.15, 0.2) is 48.5 Å². The zero-order valence-electron chi connectivity index (χ0n) is 11.2. The predicted octanol–water partition coefficient (Wildman–Crippen LogP) is 2.99. The highest BCUT2D eigenvalue weighted by Crippen LogP contribution is 2.19. The molecule has 98 valence electrons. The van der Waals surface area contributed by atoms with E-state index in [0.717, 1.165) is 32.5 Å². The van der Waals surface area contributed by atoms with E-state index in [1.807, 2.05) is 0 Å². The molecule has 2 aromatic carbocycles. The van der Waals surface area contributed by atoms with Gasteiger partial charge in [0.05, 0.1) is 0 Å². The molecule has 2 heteroatoms. The molecule has 0 radical (unpaired) electrons. The van der Waals surface area contributed by atoms with Gasteiger partial charge in [0.2, 0.25) is 0 Å². The van der Waals surface area contributed by atoms with E-state index in [1.54, 1.807) is 0 Å². The highest BCUT2D eigenvalue weighted by Gasteiger charge is 2.07. The minimum Gasteiger partial charge on any atom is -0.381 e. The average Bonchev–Trinajstić information content (AvgIpc) is 2.71. The summed E-state index contributed by atoms with van der Waals surface area (Å²) in [6.45, 7) is 3.08. The van der Waals surface area contributed by atoms with E-state index in [2.05, 4.69) is 59.2 Å². The largest absolute Gasteiger partial charge is 0.381 e. The van der Waals surface area contributed by atoms with Gasteiger partial charge in [-0.2, -0.15) is 0 Å². The van der Waals surface area contributed by atoms with E-state index in [9.17, 15) is 0 Å². The van der Waals surface area contributed by atoms with Crippen molar-refractivity contribution in [3.8, 4) is 0 Å². The van der Waals surface area contributed by atoms with E-state index in [1.165, 1.54) is 22.4 Å². The third-order valence-corrected chi connectivity index (χ3v) is 3.69. The SMILES string of the molecule is c1ccc(CNc2ccc3c(c2)CCNCC3)cc1. The van der Waals surface area contributed by atoms with Crippen molar-refractivity contribution >= 4 is 5.69 Å². The van der Waals surface area contributed by atoms with Gasteiger partial charge < -0.3 is 10.6 Å². The number of nitrogens with one attached hydrogen (secondary N) is 2. The topological polar surface area (TPSA) is 24.1 Å². The van der Waals surface area contributed by atoms with Crippen molar-refractivity contribution in [1.29, 1.82) is 0 Å². The van der Waals surface area contributed by atoms with Crippen LogP contribution in [0.2, 0.25) is 0 Å². The molecule has 0 aromatic heterocycles. The first-order chi connectivity index (χ1) is 9.42. The van der Waals surface area contributed by atoms with Crippen LogP contribution in [-0.2, 0) is 19.4 Å². The summed E-state index contributed by atoms with van der Waals surface area (Å²) in [7, 11) is 0. The Balaban J connectivity index is 1.70. The fraction of sp³-hybridized carbons (Fsp3) is 0.294. The van der Waals surface area contributed by atoms with Crippen molar-refractivity contribution in [3.05, 3.63) is 65.2 Å². The van der Waals surface area contributed by atoms with Gasteiger partial charge in [-0.15, -0.1) is 0 Å². The summed E-state index contributed by atoms with van der Waals surface area (Å²) in [6.07, 6.45) is 2.28. The molecule has 0 aliphatic carbocycles. The van der Waals surface area contributed by atoms with Crippen molar-refractivity contribution in [2.45, 2.75) is 19.4 Å². The smallest absolute Gasteiger partial charge is 0.0400 e. The Hall–Kier alpha value is -1.80. The van der Waals surface area contributed by atoms with E-state index in [4.69, 9.17) is 0 Å². The molecule has 0 fully saturated rings. The van der Waals surface area contributed by atoms with Gasteiger partial charge >= 0.3 is 0 Å². The quantitative estimate of drug-likeness (QED) is 0.877. The van der Waals surface area contributed by atoms with E-state index in [-0.39, 0.29) is 0 Å². The lowest BCUT2D eigenvalue weighted by Gasteiger charge is -2.11. The summed E-state index contributed by atoms with van der Waals surface area (Å²) >= 11 is 0. The Labute approximate surface area is 114 Å². The fourth-order valence-corrected chi connectivity index (χ4v) is 2.58. The third-order valence-electron chi connectivity index (χ3n) is 3.69. The maximum atomic E-state index is 3.51. The number of fused-ring (bicyclic) bond motifs is 1. The molecule has 2 N–H and O–H groups in total. The number of hydrogen-bond donors (Lipinski definition) is 2. The summed E-state index contributed by atoms with van der Waals surface area (Å²) in [6, 6.07) is 17.3. The Morgan fingerprint density at radius 2 is 1.68 bits per heavy atom. The van der Waals surface area contributed by atoms with Crippen LogP contribution in [0.5, 0.6) is 0 Å². The molecule has 0 saturated heterocycles. The molecule has 19 heavy (non-hydrogen) atoms. The van der Waals surface area contributed by atoms with Crippen molar-refractivity contribution < 1.29 is 0 Å². The zero-order valence-corrected chi connectivity index (χ0v) is 11.2. The maximum absolute atomic E-state index is 3.51. The molecular weight excluding hydrogens is 232 g/mol. The second kappa shape index (κ2) is 5.89. The van der Waals surface area contributed by atoms with Crippen LogP contribution >= 0.6 is 0 Å². The number of benzene rings is 2. The van der Waals surface area contributed by atoms with Gasteiger partial charge in [-0.05, 0) is 54.8 Å². The normalized spacial score (nSPS) is 14.5. The molecule has 0 spiro atoms. The van der Waals surface area contributed by atoms with E-state index < -0.39 is 0 Å². The zero-order chi connectivity index (χ0) is 12.9. The summed E-state index contributed by atoms with van der Waals surface area (Å²) < 4.78 is 0. The van der Waals surface area contributed by atoms with Gasteiger partial charge in [0.15, 0.2) is 0 Å². The van der Waals surface area contributed by atoms with Gasteiger partial charge in [0.25, 0.3) is 0 Å². The van der Waals surface area contributed by atoms with Crippen molar-refractivity contribution in [2.24, 2.45) is 0 Å². The van der Waals surface area contributed by atoms with E-state index in [0.29, 0.717) is 0 Å². The third kappa shape index (κ3) is 3.15. The monoisotopic (exact) mass is 252 g/mol. The van der Waals surface area contributed by atoms with Gasteiger partial charge in [0, 0.05) is 12.2 Å². The summed E-state index contributed by atoms with van der Waals surface area (Å²) in [5, 5.41) is 6.96. The Bertz CT molecular complexity index is 534. The minimum absolute atomic E-state index is 0.887. The molecule has 1 aliphatic heterocycles. The first-order valence-electron chi connectivity index (χ1n) is 7.02. The molecule has 0 amide bonds. The summed E-state index contributed by atoms with van der Waals surface area (Å²) in [4.78, 5) is 0. The van der Waals surface area contributed by atoms with Gasteiger partial charge in [-0.3, -0.25) is 0 Å². The predicted molar refractivity (Wildman–Crippen MR) is 80.5 cm³/mol. The van der Waals surface area contributed by atoms with Gasteiger partial charge in [-0.1, -0.05) is 36.4 Å². The lowest BCUT2D eigenvalue weighted by atomic mass is 10.0. The number of hydrogen-bond acceptors (Lipinski definition) is 2. The molecule has 3 rings (SSSR count). The van der Waals surface area contributed by atoms with Crippen LogP contribution < -0.4 is 10.6 Å². The highest BCUT2D eigenvalue weighted by molar-refractivity contribution is 5.49. The molecular formula is C17H20N2. The molecule has 0 bridgehead atoms. The highest BCUT2D eigenvalue weighted by atomic mass is 14.9. The first kappa shape index (κ1) is 12.2. The lowest BCUT2D eigenvalue weighted by molar-refractivity contribution is 0.711. The Kier molecular flexibility index (Phi) is 3.80. The van der Waals surface area contributed by atoms with Crippen LogP contribution in [0.3, 0.4) is 0 Å². The number of rotatable bonds is 3. The number of anilines is 1. The van der Waals surface area contributed by atoms with Crippen LogP contribution in [0.4, 0.5) is 5.69 Å². The van der Waals surface area contributed by atoms with Crippen molar-refractivity contribution in [3.63, 3.8) is 0 Å². The Morgan fingerprint density at radius 3 is 2.53 bits per heavy atom. The van der Waals surface area contributed by atoms with Gasteiger partial charge in [0.1, 0.15) is 0 Å². The van der Waals surface area contributed by atoms with Crippen LogP contribution in [0.25, 0.3) is 0 Å². The average molecular weight is 252 g/mol. The summed E-state index contributed by atoms with van der Waals surface area (Å²) in [5.74, 6) is 0. The molecule has 1 aliphatic rings. The molecule has 1 heterocycles. The molecule has 2 aromatic rings. The van der Waals surface area contributed by atoms with Gasteiger partial charge in [-0.25, -0.2) is 0 Å². The lowest BCUT2D eigenvalue weighted by Crippen LogP contribution is -2.16. The maximum Gasteiger partial charge on any atom is 0.0400 e. The van der Waals surface area contributed by atoms with Crippen LogP contribution in [0, 0.1) is 0 Å². The molecule has 2 nitrogen and oxygen atoms in total. The molecule has 0 atom stereocenters. The van der Waals surface area contributed by atoms with Crippen molar-refractivity contribution in [1.82, 2.24) is 5.32 Å². The Morgan fingerprint density at radius 1 is 0.895 bits per heavy atom. The standard InChI is InChI=1S/C17H20N2/c1-2-4-14(5-3-1)13-19-17-7-6-15-8-10-18-11-9-16(15)12-17/h1-7,12,18-19H,8-11,13H2. The fourth-order valence-electron chi connectivity index (χ4n) is 2.58. The van der Waals surface area contributed by atoms with Crippen LogP contribution in [-0.4, -0.2) is 13.1 Å². The second-order valence-corrected chi connectivity index (χ2v) is 5.07. The minimum atomic E-state index is 0.887. The van der Waals surface area contributed by atoms with Crippen LogP contribution in [0.1, 0.15) is 16.7 Å².